The summed E-state index contributed by atoms with van der Waals surface area (Å²) >= 11 is 17.7. The van der Waals surface area contributed by atoms with E-state index in [1.54, 1.807) is 48.5 Å². The van der Waals surface area contributed by atoms with Crippen LogP contribution >= 0.6 is 34.8 Å². The van der Waals surface area contributed by atoms with Gasteiger partial charge in [0.05, 0.1) is 10.0 Å². The number of hydrogen-bond donors (Lipinski definition) is 1. The normalized spacial score (nSPS) is 10.9. The highest BCUT2D eigenvalue weighted by Crippen LogP contribution is 2.25. The van der Waals surface area contributed by atoms with Crippen molar-refractivity contribution in [3.8, 4) is 11.8 Å². The van der Waals surface area contributed by atoms with E-state index in [2.05, 4.69) is 5.32 Å². The van der Waals surface area contributed by atoms with Gasteiger partial charge in [0.2, 0.25) is 0 Å². The average Bonchev–Trinajstić information content (AvgIpc) is 2.74. The van der Waals surface area contributed by atoms with Gasteiger partial charge in [0.25, 0.3) is 5.91 Å². The number of nitriles is 1. The molecule has 0 radical (unpaired) electrons. The van der Waals surface area contributed by atoms with Crippen molar-refractivity contribution in [2.75, 3.05) is 5.32 Å². The number of rotatable bonds is 6. The van der Waals surface area contributed by atoms with Crippen LogP contribution in [-0.4, -0.2) is 5.91 Å². The van der Waals surface area contributed by atoms with Gasteiger partial charge < -0.3 is 10.1 Å². The number of carbonyl (C=O) groups is 1. The van der Waals surface area contributed by atoms with Gasteiger partial charge in [-0.15, -0.1) is 0 Å². The Kier molecular flexibility index (Phi) is 7.37. The molecule has 0 aliphatic carbocycles. The van der Waals surface area contributed by atoms with E-state index in [1.807, 2.05) is 18.2 Å². The number of anilines is 1. The Labute approximate surface area is 189 Å². The van der Waals surface area contributed by atoms with E-state index < -0.39 is 5.91 Å². The third kappa shape index (κ3) is 6.01. The van der Waals surface area contributed by atoms with Crippen molar-refractivity contribution in [2.24, 2.45) is 0 Å². The predicted molar refractivity (Wildman–Crippen MR) is 121 cm³/mol. The molecule has 0 atom stereocenters. The number of nitrogens with zero attached hydrogens (tertiary/aromatic N) is 1. The fourth-order valence-electron chi connectivity index (χ4n) is 2.53. The van der Waals surface area contributed by atoms with Crippen molar-refractivity contribution in [3.05, 3.63) is 98.5 Å². The maximum absolute atomic E-state index is 12.4. The first kappa shape index (κ1) is 21.7. The molecule has 3 rings (SSSR count). The monoisotopic (exact) mass is 456 g/mol. The molecule has 1 N–H and O–H groups in total. The van der Waals surface area contributed by atoms with Gasteiger partial charge in [-0.05, 0) is 59.7 Å². The average molecular weight is 458 g/mol. The summed E-state index contributed by atoms with van der Waals surface area (Å²) < 4.78 is 5.79. The first-order valence-electron chi connectivity index (χ1n) is 8.80. The van der Waals surface area contributed by atoms with Crippen LogP contribution in [0.1, 0.15) is 11.1 Å². The zero-order chi connectivity index (χ0) is 21.5. The number of carbonyl (C=O) groups excluding carboxylic acids is 1. The third-order valence-corrected chi connectivity index (χ3v) is 5.02. The molecule has 1 amide bonds. The van der Waals surface area contributed by atoms with Crippen LogP contribution in [0.25, 0.3) is 6.08 Å². The van der Waals surface area contributed by atoms with E-state index in [4.69, 9.17) is 39.5 Å². The van der Waals surface area contributed by atoms with Crippen molar-refractivity contribution in [2.45, 2.75) is 6.61 Å². The molecule has 3 aromatic rings. The molecule has 7 heteroatoms. The van der Waals surface area contributed by atoms with Crippen molar-refractivity contribution in [1.29, 1.82) is 5.26 Å². The quantitative estimate of drug-likeness (QED) is 0.328. The van der Waals surface area contributed by atoms with Crippen molar-refractivity contribution < 1.29 is 9.53 Å². The van der Waals surface area contributed by atoms with Gasteiger partial charge in [0, 0.05) is 10.7 Å². The summed E-state index contributed by atoms with van der Waals surface area (Å²) in [5, 5.41) is 13.4. The maximum Gasteiger partial charge on any atom is 0.266 e. The van der Waals surface area contributed by atoms with Crippen LogP contribution in [0.5, 0.6) is 5.75 Å². The van der Waals surface area contributed by atoms with E-state index in [0.29, 0.717) is 38.7 Å². The van der Waals surface area contributed by atoms with Crippen molar-refractivity contribution in [3.63, 3.8) is 0 Å². The largest absolute Gasteiger partial charge is 0.489 e. The summed E-state index contributed by atoms with van der Waals surface area (Å²) in [6.07, 6.45) is 1.49. The Balaban J connectivity index is 1.71. The van der Waals surface area contributed by atoms with Gasteiger partial charge in [-0.3, -0.25) is 4.79 Å². The van der Waals surface area contributed by atoms with Crippen LogP contribution < -0.4 is 10.1 Å². The Hall–Kier alpha value is -2.97. The fourth-order valence-corrected chi connectivity index (χ4v) is 2.95. The van der Waals surface area contributed by atoms with Gasteiger partial charge in [-0.2, -0.15) is 5.26 Å². The van der Waals surface area contributed by atoms with Gasteiger partial charge in [0.15, 0.2) is 0 Å². The van der Waals surface area contributed by atoms with Crippen LogP contribution in [0.2, 0.25) is 15.1 Å². The molecule has 0 spiro atoms. The Morgan fingerprint density at radius 2 is 1.77 bits per heavy atom. The lowest BCUT2D eigenvalue weighted by Gasteiger charge is -2.08. The molecule has 0 fully saturated rings. The summed E-state index contributed by atoms with van der Waals surface area (Å²) in [5.41, 5.74) is 2.01. The molecule has 30 heavy (non-hydrogen) atoms. The molecular weight excluding hydrogens is 443 g/mol. The zero-order valence-corrected chi connectivity index (χ0v) is 17.8. The predicted octanol–water partition coefficient (Wildman–Crippen LogP) is 6.77. The lowest BCUT2D eigenvalue weighted by Crippen LogP contribution is -2.13. The van der Waals surface area contributed by atoms with Crippen LogP contribution in [-0.2, 0) is 11.4 Å². The molecule has 0 saturated carbocycles. The molecular formula is C23H15Cl3N2O2. The number of amides is 1. The van der Waals surface area contributed by atoms with Crippen LogP contribution in [0.4, 0.5) is 5.69 Å². The van der Waals surface area contributed by atoms with E-state index in [1.165, 1.54) is 12.1 Å². The second kappa shape index (κ2) is 10.2. The molecule has 0 aromatic heterocycles. The molecule has 0 aliphatic heterocycles. The van der Waals surface area contributed by atoms with Crippen LogP contribution in [0, 0.1) is 11.3 Å². The molecule has 0 saturated heterocycles. The summed E-state index contributed by atoms with van der Waals surface area (Å²) in [7, 11) is 0. The zero-order valence-electron chi connectivity index (χ0n) is 15.5. The SMILES string of the molecule is N#C/C(=C\c1cccc(OCc2ccc(Cl)cc2)c1)C(=O)Nc1ccc(Cl)c(Cl)c1. The highest BCUT2D eigenvalue weighted by atomic mass is 35.5. The van der Waals surface area contributed by atoms with Gasteiger partial charge in [0.1, 0.15) is 24.0 Å². The molecule has 4 nitrogen and oxygen atoms in total. The van der Waals surface area contributed by atoms with Crippen molar-refractivity contribution in [1.82, 2.24) is 0 Å². The van der Waals surface area contributed by atoms with E-state index in [9.17, 15) is 10.1 Å². The van der Waals surface area contributed by atoms with Gasteiger partial charge >= 0.3 is 0 Å². The number of nitrogens with one attached hydrogen (secondary N) is 1. The minimum absolute atomic E-state index is 0.0593. The number of benzene rings is 3. The molecule has 0 heterocycles. The first-order chi connectivity index (χ1) is 14.4. The molecule has 0 unspecified atom stereocenters. The minimum Gasteiger partial charge on any atom is -0.489 e. The second-order valence-corrected chi connectivity index (χ2v) is 7.49. The fraction of sp³-hybridized carbons (Fsp3) is 0.0435. The lowest BCUT2D eigenvalue weighted by atomic mass is 10.1. The van der Waals surface area contributed by atoms with Gasteiger partial charge in [-0.1, -0.05) is 59.1 Å². The summed E-state index contributed by atoms with van der Waals surface area (Å²) in [6, 6.07) is 21.1. The Bertz CT molecular complexity index is 1140. The standard InChI is InChI=1S/C23H15Cl3N2O2/c24-18-6-4-15(5-7-18)14-30-20-3-1-2-16(11-20)10-17(13-27)23(29)28-19-8-9-21(25)22(26)12-19/h1-12H,14H2,(H,28,29)/b17-10+. The number of ether oxygens (including phenoxy) is 1. The lowest BCUT2D eigenvalue weighted by molar-refractivity contribution is -0.112. The topological polar surface area (TPSA) is 62.1 Å². The molecule has 0 aliphatic rings. The van der Waals surface area contributed by atoms with E-state index in [0.717, 1.165) is 5.56 Å². The second-order valence-electron chi connectivity index (χ2n) is 6.24. The van der Waals surface area contributed by atoms with Crippen LogP contribution in [0.15, 0.2) is 72.3 Å². The summed E-state index contributed by atoms with van der Waals surface area (Å²) in [5.74, 6) is 0.0595. The third-order valence-electron chi connectivity index (χ3n) is 4.03. The maximum atomic E-state index is 12.4. The smallest absolute Gasteiger partial charge is 0.266 e. The van der Waals surface area contributed by atoms with Crippen molar-refractivity contribution >= 4 is 52.5 Å². The summed E-state index contributed by atoms with van der Waals surface area (Å²) in [6.45, 7) is 0.368. The van der Waals surface area contributed by atoms with E-state index in [-0.39, 0.29) is 5.57 Å². The van der Waals surface area contributed by atoms with Crippen LogP contribution in [0.3, 0.4) is 0 Å². The highest BCUT2D eigenvalue weighted by molar-refractivity contribution is 6.42. The Morgan fingerprint density at radius 1 is 1.00 bits per heavy atom. The first-order valence-corrected chi connectivity index (χ1v) is 9.93. The number of halogens is 3. The number of hydrogen-bond acceptors (Lipinski definition) is 3. The molecule has 0 bridgehead atoms. The van der Waals surface area contributed by atoms with E-state index >= 15 is 0 Å². The highest BCUT2D eigenvalue weighted by Gasteiger charge is 2.11. The minimum atomic E-state index is -0.552. The molecule has 3 aromatic carbocycles. The van der Waals surface area contributed by atoms with Gasteiger partial charge in [-0.25, -0.2) is 0 Å². The molecule has 150 valence electrons. The Morgan fingerprint density at radius 3 is 2.47 bits per heavy atom. The summed E-state index contributed by atoms with van der Waals surface area (Å²) in [4.78, 5) is 12.4.